The normalized spacial score (nSPS) is 17.4. The van der Waals surface area contributed by atoms with E-state index in [1.165, 1.54) is 25.5 Å². The number of ketones is 1. The molecule has 6 nitrogen and oxygen atoms in total. The van der Waals surface area contributed by atoms with Gasteiger partial charge in [0.05, 0.1) is 27.5 Å². The molecule has 1 aliphatic carbocycles. The number of aromatic hydroxyl groups is 1. The number of anilines is 1. The Labute approximate surface area is 228 Å². The van der Waals surface area contributed by atoms with Gasteiger partial charge in [0.1, 0.15) is 5.52 Å². The number of halogens is 4. The topological polar surface area (TPSA) is 78.3 Å². The smallest absolute Gasteiger partial charge is 0.170 e. The standard InChI is InChI=1S/C26H30ClFN4O2.2ClH/c1-15(33)19-14-29-23-9-8-22(17-12-20(27)26(34)21(28)13-17)31-25(23)24(19)30-18-6-4-16(5-7-18)10-11-32(2)3;;/h8-9,12-14,16,18,34H,4-7,10-11H2,1-3H3,(H,29,30);2*1H/t16-,18-;;. The summed E-state index contributed by atoms with van der Waals surface area (Å²) in [6, 6.07) is 6.43. The molecule has 2 N–H and O–H groups in total. The van der Waals surface area contributed by atoms with Crippen LogP contribution in [0.15, 0.2) is 30.5 Å². The van der Waals surface area contributed by atoms with Gasteiger partial charge in [0.2, 0.25) is 0 Å². The number of fused-ring (bicyclic) bond motifs is 1. The number of nitrogens with zero attached hydrogens (tertiary/aromatic N) is 3. The zero-order chi connectivity index (χ0) is 24.4. The minimum Gasteiger partial charge on any atom is -0.504 e. The number of benzene rings is 1. The van der Waals surface area contributed by atoms with Gasteiger partial charge in [-0.2, -0.15) is 0 Å². The number of carbonyl (C=O) groups excluding carboxylic acids is 1. The Morgan fingerprint density at radius 3 is 2.50 bits per heavy atom. The maximum absolute atomic E-state index is 14.1. The Bertz CT molecular complexity index is 1190. The fraction of sp³-hybridized carbons (Fsp3) is 0.423. The minimum atomic E-state index is -0.815. The van der Waals surface area contributed by atoms with Gasteiger partial charge in [0.15, 0.2) is 17.3 Å². The highest BCUT2D eigenvalue weighted by Crippen LogP contribution is 2.35. The van der Waals surface area contributed by atoms with E-state index in [0.717, 1.165) is 38.1 Å². The number of phenolic OH excluding ortho intramolecular Hbond substituents is 1. The molecule has 36 heavy (non-hydrogen) atoms. The summed E-state index contributed by atoms with van der Waals surface area (Å²) in [7, 11) is 4.21. The van der Waals surface area contributed by atoms with Crippen LogP contribution in [-0.4, -0.2) is 52.4 Å². The average Bonchev–Trinajstić information content (AvgIpc) is 2.81. The third-order valence-corrected chi connectivity index (χ3v) is 6.87. The number of pyridine rings is 2. The number of nitrogens with one attached hydrogen (secondary N) is 1. The first-order valence-corrected chi connectivity index (χ1v) is 12.0. The minimum absolute atomic E-state index is 0. The van der Waals surface area contributed by atoms with Gasteiger partial charge in [-0.15, -0.1) is 24.8 Å². The molecule has 0 spiro atoms. The molecule has 0 radical (unpaired) electrons. The second kappa shape index (κ2) is 12.9. The summed E-state index contributed by atoms with van der Waals surface area (Å²) in [5.74, 6) is -0.775. The predicted octanol–water partition coefficient (Wildman–Crippen LogP) is 6.76. The van der Waals surface area contributed by atoms with E-state index in [-0.39, 0.29) is 41.7 Å². The molecule has 196 valence electrons. The van der Waals surface area contributed by atoms with E-state index in [9.17, 15) is 14.3 Å². The van der Waals surface area contributed by atoms with E-state index in [1.54, 1.807) is 18.3 Å². The molecule has 0 saturated heterocycles. The number of aromatic nitrogens is 2. The summed E-state index contributed by atoms with van der Waals surface area (Å²) in [6.45, 7) is 2.62. The molecule has 1 saturated carbocycles. The Hall–Kier alpha value is -2.19. The number of Topliss-reactive ketones (excluding diaryl/α,β-unsaturated/α-hetero) is 1. The van der Waals surface area contributed by atoms with E-state index in [0.29, 0.717) is 33.5 Å². The quantitative estimate of drug-likeness (QED) is 0.312. The van der Waals surface area contributed by atoms with E-state index in [4.69, 9.17) is 16.6 Å². The fourth-order valence-corrected chi connectivity index (χ4v) is 4.80. The molecule has 1 fully saturated rings. The maximum Gasteiger partial charge on any atom is 0.170 e. The molecule has 2 heterocycles. The zero-order valence-corrected chi connectivity index (χ0v) is 22.9. The number of phenols is 1. The van der Waals surface area contributed by atoms with Crippen molar-refractivity contribution in [3.8, 4) is 17.0 Å². The molecule has 0 atom stereocenters. The van der Waals surface area contributed by atoms with Gasteiger partial charge >= 0.3 is 0 Å². The van der Waals surface area contributed by atoms with Crippen molar-refractivity contribution < 1.29 is 14.3 Å². The molecular weight excluding hydrogens is 526 g/mol. The largest absolute Gasteiger partial charge is 0.504 e. The van der Waals surface area contributed by atoms with Gasteiger partial charge in [-0.25, -0.2) is 9.37 Å². The number of rotatable bonds is 7. The molecule has 0 amide bonds. The lowest BCUT2D eigenvalue weighted by Gasteiger charge is -2.31. The highest BCUT2D eigenvalue weighted by Gasteiger charge is 2.24. The van der Waals surface area contributed by atoms with Crippen LogP contribution in [0.5, 0.6) is 5.75 Å². The number of hydrogen-bond donors (Lipinski definition) is 2. The SMILES string of the molecule is CC(=O)c1cnc2ccc(-c3cc(F)c(O)c(Cl)c3)nc2c1N[C@H]1CC[C@H](CCN(C)C)CC1.Cl.Cl. The Kier molecular flexibility index (Phi) is 10.7. The summed E-state index contributed by atoms with van der Waals surface area (Å²) in [4.78, 5) is 23.8. The second-order valence-electron chi connectivity index (χ2n) is 9.41. The second-order valence-corrected chi connectivity index (χ2v) is 9.82. The third kappa shape index (κ3) is 6.76. The third-order valence-electron chi connectivity index (χ3n) is 6.58. The summed E-state index contributed by atoms with van der Waals surface area (Å²) in [6.07, 6.45) is 7.14. The van der Waals surface area contributed by atoms with Crippen molar-refractivity contribution >= 4 is 58.9 Å². The average molecular weight is 558 g/mol. The molecule has 1 aromatic carbocycles. The molecular formula is C26H32Cl3FN4O2. The van der Waals surface area contributed by atoms with Crippen molar-refractivity contribution in [3.63, 3.8) is 0 Å². The van der Waals surface area contributed by atoms with Crippen LogP contribution >= 0.6 is 36.4 Å². The Morgan fingerprint density at radius 1 is 1.19 bits per heavy atom. The van der Waals surface area contributed by atoms with Crippen molar-refractivity contribution in [3.05, 3.63) is 46.9 Å². The molecule has 1 aliphatic rings. The summed E-state index contributed by atoms with van der Waals surface area (Å²) in [5.41, 5.74) is 3.27. The van der Waals surface area contributed by atoms with Crippen LogP contribution in [0.25, 0.3) is 22.3 Å². The molecule has 0 bridgehead atoms. The Balaban J connectivity index is 0.00000228. The monoisotopic (exact) mass is 556 g/mol. The van der Waals surface area contributed by atoms with Crippen molar-refractivity contribution in [2.45, 2.75) is 45.1 Å². The fourth-order valence-electron chi connectivity index (χ4n) is 4.59. The summed E-state index contributed by atoms with van der Waals surface area (Å²) >= 11 is 5.98. The van der Waals surface area contributed by atoms with Crippen molar-refractivity contribution in [2.24, 2.45) is 5.92 Å². The first kappa shape index (κ1) is 30.0. The highest BCUT2D eigenvalue weighted by atomic mass is 35.5. The number of hydrogen-bond acceptors (Lipinski definition) is 6. The van der Waals surface area contributed by atoms with Crippen LogP contribution in [0.4, 0.5) is 10.1 Å². The zero-order valence-electron chi connectivity index (χ0n) is 20.6. The van der Waals surface area contributed by atoms with Crippen LogP contribution in [-0.2, 0) is 0 Å². The molecule has 0 unspecified atom stereocenters. The number of carbonyl (C=O) groups is 1. The van der Waals surface area contributed by atoms with E-state index >= 15 is 0 Å². The van der Waals surface area contributed by atoms with Gasteiger partial charge in [-0.3, -0.25) is 9.78 Å². The molecule has 10 heteroatoms. The first-order valence-electron chi connectivity index (χ1n) is 11.6. The lowest BCUT2D eigenvalue weighted by molar-refractivity contribution is 0.101. The van der Waals surface area contributed by atoms with E-state index in [2.05, 4.69) is 29.3 Å². The van der Waals surface area contributed by atoms with Crippen molar-refractivity contribution in [1.82, 2.24) is 14.9 Å². The maximum atomic E-state index is 14.1. The molecule has 0 aliphatic heterocycles. The lowest BCUT2D eigenvalue weighted by atomic mass is 9.84. The molecule has 4 rings (SSSR count). The van der Waals surface area contributed by atoms with Gasteiger partial charge < -0.3 is 15.3 Å². The molecule has 3 aromatic rings. The van der Waals surface area contributed by atoms with Crippen LogP contribution in [0, 0.1) is 11.7 Å². The first-order chi connectivity index (χ1) is 16.2. The van der Waals surface area contributed by atoms with Crippen LogP contribution < -0.4 is 5.32 Å². The summed E-state index contributed by atoms with van der Waals surface area (Å²) in [5, 5.41) is 13.2. The highest BCUT2D eigenvalue weighted by molar-refractivity contribution is 6.32. The molecule has 2 aromatic heterocycles. The van der Waals surface area contributed by atoms with Gasteiger partial charge in [-0.05, 0) is 89.9 Å². The van der Waals surface area contributed by atoms with Crippen LogP contribution in [0.1, 0.15) is 49.4 Å². The van der Waals surface area contributed by atoms with E-state index < -0.39 is 11.6 Å². The van der Waals surface area contributed by atoms with Crippen LogP contribution in [0.3, 0.4) is 0 Å². The van der Waals surface area contributed by atoms with Crippen LogP contribution in [0.2, 0.25) is 5.02 Å². The van der Waals surface area contributed by atoms with Gasteiger partial charge in [0, 0.05) is 17.8 Å². The predicted molar refractivity (Wildman–Crippen MR) is 149 cm³/mol. The Morgan fingerprint density at radius 2 is 1.89 bits per heavy atom. The van der Waals surface area contributed by atoms with E-state index in [1.807, 2.05) is 0 Å². The van der Waals surface area contributed by atoms with Crippen molar-refractivity contribution in [1.29, 1.82) is 0 Å². The van der Waals surface area contributed by atoms with Gasteiger partial charge in [-0.1, -0.05) is 11.6 Å². The summed E-state index contributed by atoms with van der Waals surface area (Å²) < 4.78 is 14.1. The van der Waals surface area contributed by atoms with Crippen molar-refractivity contribution in [2.75, 3.05) is 26.0 Å². The van der Waals surface area contributed by atoms with Gasteiger partial charge in [0.25, 0.3) is 0 Å². The lowest BCUT2D eigenvalue weighted by Crippen LogP contribution is -2.28.